The highest BCUT2D eigenvalue weighted by Gasteiger charge is 2.09. The summed E-state index contributed by atoms with van der Waals surface area (Å²) in [5.74, 6) is 1.16. The molecule has 0 aliphatic rings. The molecule has 4 heteroatoms. The first-order valence-electron chi connectivity index (χ1n) is 5.07. The van der Waals surface area contributed by atoms with Crippen molar-refractivity contribution < 1.29 is 0 Å². The quantitative estimate of drug-likeness (QED) is 0.717. The Morgan fingerprint density at radius 3 is 3.00 bits per heavy atom. The minimum absolute atomic E-state index is 0.403. The van der Waals surface area contributed by atoms with E-state index < -0.39 is 0 Å². The third kappa shape index (κ3) is 4.10. The van der Waals surface area contributed by atoms with E-state index in [9.17, 15) is 0 Å². The van der Waals surface area contributed by atoms with Crippen molar-refractivity contribution in [1.82, 2.24) is 14.9 Å². The monoisotopic (exact) mass is 225 g/mol. The van der Waals surface area contributed by atoms with E-state index in [1.807, 2.05) is 35.9 Å². The predicted molar refractivity (Wildman–Crippen MR) is 67.2 cm³/mol. The molecule has 0 unspecified atom stereocenters. The third-order valence-electron chi connectivity index (χ3n) is 2.40. The smallest absolute Gasteiger partial charge is 0.0948 e. The van der Waals surface area contributed by atoms with Crippen LogP contribution in [-0.2, 0) is 6.54 Å². The maximum absolute atomic E-state index is 4.13. The highest BCUT2D eigenvalue weighted by Crippen LogP contribution is 2.09. The fourth-order valence-corrected chi connectivity index (χ4v) is 1.98. The van der Waals surface area contributed by atoms with E-state index in [0.29, 0.717) is 6.04 Å². The lowest BCUT2D eigenvalue weighted by Gasteiger charge is -2.18. The molecule has 1 aromatic rings. The molecule has 15 heavy (non-hydrogen) atoms. The maximum Gasteiger partial charge on any atom is 0.0948 e. The first kappa shape index (κ1) is 12.3. The molecule has 1 heterocycles. The molecule has 84 valence electrons. The van der Waals surface area contributed by atoms with Crippen LogP contribution in [0, 0.1) is 0 Å². The van der Waals surface area contributed by atoms with Gasteiger partial charge in [-0.15, -0.1) is 0 Å². The third-order valence-corrected chi connectivity index (χ3v) is 3.04. The molecule has 1 rings (SSSR count). The van der Waals surface area contributed by atoms with Crippen LogP contribution in [-0.4, -0.2) is 34.6 Å². The molecule has 1 aromatic heterocycles. The van der Waals surface area contributed by atoms with Crippen LogP contribution in [0.2, 0.25) is 0 Å². The summed E-state index contributed by atoms with van der Waals surface area (Å²) >= 11 is 1.87. The second-order valence-electron chi connectivity index (χ2n) is 3.52. The minimum Gasteiger partial charge on any atom is -0.333 e. The number of thioether (sulfide) groups is 1. The number of rotatable bonds is 7. The number of hydrogen-bond donors (Lipinski definition) is 1. The van der Waals surface area contributed by atoms with E-state index in [1.165, 1.54) is 5.57 Å². The molecule has 1 atom stereocenters. The van der Waals surface area contributed by atoms with Gasteiger partial charge < -0.3 is 9.88 Å². The number of nitrogens with zero attached hydrogens (tertiary/aromatic N) is 2. The molecule has 0 saturated heterocycles. The Bertz CT molecular complexity index is 282. The largest absolute Gasteiger partial charge is 0.333 e. The topological polar surface area (TPSA) is 29.9 Å². The van der Waals surface area contributed by atoms with Gasteiger partial charge >= 0.3 is 0 Å². The van der Waals surface area contributed by atoms with Gasteiger partial charge in [0.15, 0.2) is 0 Å². The Kier molecular flexibility index (Phi) is 5.50. The number of imidazole rings is 1. The zero-order valence-electron chi connectivity index (χ0n) is 9.44. The molecule has 0 aliphatic heterocycles. The molecule has 0 radical (unpaired) electrons. The van der Waals surface area contributed by atoms with E-state index >= 15 is 0 Å². The van der Waals surface area contributed by atoms with Crippen molar-refractivity contribution in [2.45, 2.75) is 19.0 Å². The molecule has 1 N–H and O–H groups in total. The van der Waals surface area contributed by atoms with Crippen molar-refractivity contribution >= 4 is 11.8 Å². The molecule has 0 spiro atoms. The van der Waals surface area contributed by atoms with Gasteiger partial charge in [-0.1, -0.05) is 6.58 Å². The molecule has 0 saturated carbocycles. The summed E-state index contributed by atoms with van der Waals surface area (Å²) in [5.41, 5.74) is 1.21. The van der Waals surface area contributed by atoms with Gasteiger partial charge in [0.2, 0.25) is 0 Å². The van der Waals surface area contributed by atoms with Crippen LogP contribution in [0.15, 0.2) is 30.9 Å². The first-order chi connectivity index (χ1) is 7.27. The summed E-state index contributed by atoms with van der Waals surface area (Å²) in [6, 6.07) is 0.403. The van der Waals surface area contributed by atoms with E-state index in [0.717, 1.165) is 18.7 Å². The predicted octanol–water partition coefficient (Wildman–Crippen LogP) is 1.78. The molecule has 0 bridgehead atoms. The lowest BCUT2D eigenvalue weighted by molar-refractivity contribution is 0.581. The summed E-state index contributed by atoms with van der Waals surface area (Å²) in [6.45, 7) is 4.98. The van der Waals surface area contributed by atoms with Crippen LogP contribution in [0.5, 0.6) is 0 Å². The maximum atomic E-state index is 4.13. The van der Waals surface area contributed by atoms with Crippen LogP contribution >= 0.6 is 11.8 Å². The normalized spacial score (nSPS) is 12.7. The van der Waals surface area contributed by atoms with Gasteiger partial charge in [-0.2, -0.15) is 11.8 Å². The van der Waals surface area contributed by atoms with Gasteiger partial charge in [-0.3, -0.25) is 0 Å². The number of likely N-dealkylation sites (N-methyl/N-ethyl adjacent to an activating group) is 1. The zero-order valence-corrected chi connectivity index (χ0v) is 10.3. The molecule has 0 fully saturated rings. The summed E-state index contributed by atoms with van der Waals surface area (Å²) < 4.78 is 2.05. The van der Waals surface area contributed by atoms with Crippen LogP contribution in [0.4, 0.5) is 0 Å². The Balaban J connectivity index is 2.43. The van der Waals surface area contributed by atoms with E-state index in [4.69, 9.17) is 0 Å². The van der Waals surface area contributed by atoms with Crippen LogP contribution < -0.4 is 5.32 Å². The Labute approximate surface area is 96.0 Å². The Morgan fingerprint density at radius 1 is 1.67 bits per heavy atom. The van der Waals surface area contributed by atoms with Crippen LogP contribution in [0.1, 0.15) is 6.42 Å². The van der Waals surface area contributed by atoms with Crippen molar-refractivity contribution in [2.75, 3.05) is 19.1 Å². The van der Waals surface area contributed by atoms with Gasteiger partial charge in [0.25, 0.3) is 0 Å². The first-order valence-corrected chi connectivity index (χ1v) is 6.47. The SMILES string of the molecule is C=C(Cn1ccnc1)[C@H](CCSC)NC. The van der Waals surface area contributed by atoms with E-state index in [-0.39, 0.29) is 0 Å². The average molecular weight is 225 g/mol. The summed E-state index contributed by atoms with van der Waals surface area (Å²) in [6.07, 6.45) is 8.85. The summed E-state index contributed by atoms with van der Waals surface area (Å²) in [5, 5.41) is 3.30. The van der Waals surface area contributed by atoms with Crippen LogP contribution in [0.3, 0.4) is 0 Å². The molecule has 3 nitrogen and oxygen atoms in total. The fourth-order valence-electron chi connectivity index (χ4n) is 1.51. The summed E-state index contributed by atoms with van der Waals surface area (Å²) in [7, 11) is 1.99. The lowest BCUT2D eigenvalue weighted by atomic mass is 10.1. The summed E-state index contributed by atoms with van der Waals surface area (Å²) in [4.78, 5) is 4.02. The van der Waals surface area contributed by atoms with Crippen molar-refractivity contribution in [3.8, 4) is 0 Å². The van der Waals surface area contributed by atoms with Gasteiger partial charge in [0, 0.05) is 25.0 Å². The van der Waals surface area contributed by atoms with Gasteiger partial charge in [-0.25, -0.2) is 4.98 Å². The van der Waals surface area contributed by atoms with Crippen molar-refractivity contribution in [1.29, 1.82) is 0 Å². The lowest BCUT2D eigenvalue weighted by Crippen LogP contribution is -2.29. The standard InChI is InChI=1S/C11H19N3S/c1-10(8-14-6-5-13-9-14)11(12-2)4-7-15-3/h5-6,9,11-12H,1,4,7-8H2,2-3H3/t11-/m0/s1. The number of nitrogens with one attached hydrogen (secondary N) is 1. The van der Waals surface area contributed by atoms with E-state index in [2.05, 4.69) is 23.1 Å². The molecular formula is C11H19N3S. The molecular weight excluding hydrogens is 206 g/mol. The van der Waals surface area contributed by atoms with Crippen molar-refractivity contribution in [3.05, 3.63) is 30.9 Å². The van der Waals surface area contributed by atoms with Gasteiger partial charge in [0.05, 0.1) is 6.33 Å². The highest BCUT2D eigenvalue weighted by atomic mass is 32.2. The van der Waals surface area contributed by atoms with Crippen LogP contribution in [0.25, 0.3) is 0 Å². The highest BCUT2D eigenvalue weighted by molar-refractivity contribution is 7.98. The second kappa shape index (κ2) is 6.69. The zero-order chi connectivity index (χ0) is 11.1. The minimum atomic E-state index is 0.403. The average Bonchev–Trinajstić information content (AvgIpc) is 2.71. The number of hydrogen-bond acceptors (Lipinski definition) is 3. The van der Waals surface area contributed by atoms with Gasteiger partial charge in [0.1, 0.15) is 0 Å². The molecule has 0 aromatic carbocycles. The second-order valence-corrected chi connectivity index (χ2v) is 4.50. The fraction of sp³-hybridized carbons (Fsp3) is 0.545. The van der Waals surface area contributed by atoms with Crippen molar-refractivity contribution in [3.63, 3.8) is 0 Å². The van der Waals surface area contributed by atoms with Gasteiger partial charge in [-0.05, 0) is 31.1 Å². The number of aromatic nitrogens is 2. The Hall–Kier alpha value is -0.740. The Morgan fingerprint density at radius 2 is 2.47 bits per heavy atom. The molecule has 0 amide bonds. The van der Waals surface area contributed by atoms with Crippen molar-refractivity contribution in [2.24, 2.45) is 0 Å². The van der Waals surface area contributed by atoms with E-state index in [1.54, 1.807) is 6.20 Å². The molecule has 0 aliphatic carbocycles.